The molecular formula is C14H16ClNO3S. The van der Waals surface area contributed by atoms with Crippen LogP contribution in [0.15, 0.2) is 29.2 Å². The second kappa shape index (κ2) is 5.06. The molecule has 0 bridgehead atoms. The van der Waals surface area contributed by atoms with Gasteiger partial charge < -0.3 is 9.30 Å². The first-order valence-corrected chi connectivity index (χ1v) is 8.93. The number of halogens is 1. The first kappa shape index (κ1) is 13.9. The van der Waals surface area contributed by atoms with Crippen LogP contribution >= 0.6 is 10.7 Å². The van der Waals surface area contributed by atoms with Crippen LogP contribution in [0.25, 0.3) is 10.9 Å². The fraction of sp³-hybridized carbons (Fsp3) is 0.429. The molecule has 1 aliphatic heterocycles. The van der Waals surface area contributed by atoms with E-state index in [1.165, 1.54) is 0 Å². The van der Waals surface area contributed by atoms with Crippen molar-refractivity contribution in [3.63, 3.8) is 0 Å². The molecule has 6 heteroatoms. The van der Waals surface area contributed by atoms with E-state index >= 15 is 0 Å². The van der Waals surface area contributed by atoms with E-state index in [-0.39, 0.29) is 11.0 Å². The molecule has 1 aliphatic rings. The SMILES string of the molecule is Cc1c(S(=O)(=O)Cl)c2ccccc2n1CC1CCCO1. The van der Waals surface area contributed by atoms with Gasteiger partial charge in [0.05, 0.1) is 6.10 Å². The van der Waals surface area contributed by atoms with Gasteiger partial charge in [-0.3, -0.25) is 0 Å². The maximum atomic E-state index is 11.8. The number of fused-ring (bicyclic) bond motifs is 1. The number of rotatable bonds is 3. The van der Waals surface area contributed by atoms with Crippen LogP contribution in [0.3, 0.4) is 0 Å². The third-order valence-corrected chi connectivity index (χ3v) is 5.29. The summed E-state index contributed by atoms with van der Waals surface area (Å²) >= 11 is 0. The lowest BCUT2D eigenvalue weighted by atomic mass is 10.2. The minimum absolute atomic E-state index is 0.149. The largest absolute Gasteiger partial charge is 0.376 e. The van der Waals surface area contributed by atoms with Crippen molar-refractivity contribution in [2.24, 2.45) is 0 Å². The first-order valence-electron chi connectivity index (χ1n) is 6.62. The zero-order valence-electron chi connectivity index (χ0n) is 11.2. The van der Waals surface area contributed by atoms with Crippen molar-refractivity contribution in [3.8, 4) is 0 Å². The van der Waals surface area contributed by atoms with Crippen LogP contribution in [0.4, 0.5) is 0 Å². The second-order valence-electron chi connectivity index (χ2n) is 5.12. The van der Waals surface area contributed by atoms with Crippen LogP contribution in [-0.4, -0.2) is 25.7 Å². The summed E-state index contributed by atoms with van der Waals surface area (Å²) < 4.78 is 31.3. The molecule has 1 aromatic carbocycles. The van der Waals surface area contributed by atoms with Gasteiger partial charge in [-0.15, -0.1) is 0 Å². The van der Waals surface area contributed by atoms with Crippen LogP contribution in [-0.2, 0) is 20.3 Å². The van der Waals surface area contributed by atoms with Crippen molar-refractivity contribution < 1.29 is 13.2 Å². The molecule has 2 aromatic rings. The predicted octanol–water partition coefficient (Wildman–Crippen LogP) is 3.06. The van der Waals surface area contributed by atoms with Gasteiger partial charge in [0.15, 0.2) is 0 Å². The van der Waals surface area contributed by atoms with Crippen molar-refractivity contribution >= 4 is 30.6 Å². The fourth-order valence-electron chi connectivity index (χ4n) is 2.93. The predicted molar refractivity (Wildman–Crippen MR) is 78.7 cm³/mol. The number of nitrogens with zero attached hydrogens (tertiary/aromatic N) is 1. The zero-order chi connectivity index (χ0) is 14.3. The molecule has 4 nitrogen and oxygen atoms in total. The van der Waals surface area contributed by atoms with Gasteiger partial charge in [-0.2, -0.15) is 0 Å². The summed E-state index contributed by atoms with van der Waals surface area (Å²) in [5, 5.41) is 0.679. The molecule has 1 saturated heterocycles. The third-order valence-electron chi connectivity index (χ3n) is 3.83. The molecule has 20 heavy (non-hydrogen) atoms. The number of ether oxygens (including phenoxy) is 1. The summed E-state index contributed by atoms with van der Waals surface area (Å²) in [7, 11) is 1.84. The van der Waals surface area contributed by atoms with E-state index in [0.29, 0.717) is 17.6 Å². The van der Waals surface area contributed by atoms with E-state index in [1.54, 1.807) is 13.0 Å². The lowest BCUT2D eigenvalue weighted by Gasteiger charge is -2.13. The Morgan fingerprint density at radius 3 is 2.80 bits per heavy atom. The highest BCUT2D eigenvalue weighted by molar-refractivity contribution is 8.14. The maximum Gasteiger partial charge on any atom is 0.263 e. The topological polar surface area (TPSA) is 48.3 Å². The Morgan fingerprint density at radius 1 is 1.40 bits per heavy atom. The second-order valence-corrected chi connectivity index (χ2v) is 7.62. The highest BCUT2D eigenvalue weighted by Gasteiger charge is 2.25. The van der Waals surface area contributed by atoms with E-state index in [4.69, 9.17) is 15.4 Å². The molecule has 2 heterocycles. The van der Waals surface area contributed by atoms with E-state index in [1.807, 2.05) is 22.8 Å². The van der Waals surface area contributed by atoms with Crippen LogP contribution < -0.4 is 0 Å². The summed E-state index contributed by atoms with van der Waals surface area (Å²) in [4.78, 5) is 0.216. The molecule has 0 N–H and O–H groups in total. The monoisotopic (exact) mass is 313 g/mol. The Bertz CT molecular complexity index is 745. The lowest BCUT2D eigenvalue weighted by Crippen LogP contribution is -2.16. The Morgan fingerprint density at radius 2 is 2.15 bits per heavy atom. The van der Waals surface area contributed by atoms with E-state index in [2.05, 4.69) is 0 Å². The number of aromatic nitrogens is 1. The average Bonchev–Trinajstić information content (AvgIpc) is 2.96. The van der Waals surface area contributed by atoms with Gasteiger partial charge in [0.1, 0.15) is 4.90 Å². The molecule has 108 valence electrons. The van der Waals surface area contributed by atoms with Crippen molar-refractivity contribution in [1.29, 1.82) is 0 Å². The number of hydrogen-bond acceptors (Lipinski definition) is 3. The van der Waals surface area contributed by atoms with Gasteiger partial charge >= 0.3 is 0 Å². The zero-order valence-corrected chi connectivity index (χ0v) is 12.7. The molecule has 0 spiro atoms. The van der Waals surface area contributed by atoms with Gasteiger partial charge in [0.2, 0.25) is 0 Å². The van der Waals surface area contributed by atoms with Gasteiger partial charge in [0, 0.05) is 40.4 Å². The van der Waals surface area contributed by atoms with Crippen LogP contribution in [0.1, 0.15) is 18.5 Å². The molecule has 0 saturated carbocycles. The highest BCUT2D eigenvalue weighted by Crippen LogP contribution is 2.32. The van der Waals surface area contributed by atoms with Gasteiger partial charge in [0.25, 0.3) is 9.05 Å². The normalized spacial score (nSPS) is 19.8. The quantitative estimate of drug-likeness (QED) is 0.818. The molecule has 3 rings (SSSR count). The van der Waals surface area contributed by atoms with Crippen molar-refractivity contribution in [2.45, 2.75) is 37.3 Å². The molecule has 1 atom stereocenters. The highest BCUT2D eigenvalue weighted by atomic mass is 35.7. The van der Waals surface area contributed by atoms with Crippen LogP contribution in [0.5, 0.6) is 0 Å². The summed E-state index contributed by atoms with van der Waals surface area (Å²) in [6.07, 6.45) is 2.22. The minimum Gasteiger partial charge on any atom is -0.376 e. The standard InChI is InChI=1S/C14H16ClNO3S/c1-10-14(20(15,17)18)12-6-2-3-7-13(12)16(10)9-11-5-4-8-19-11/h2-3,6-7,11H,4-5,8-9H2,1H3. The van der Waals surface area contributed by atoms with E-state index < -0.39 is 9.05 Å². The van der Waals surface area contributed by atoms with Gasteiger partial charge in [-0.1, -0.05) is 18.2 Å². The summed E-state index contributed by atoms with van der Waals surface area (Å²) in [5.74, 6) is 0. The Hall–Kier alpha value is -1.04. The Labute approximate surface area is 122 Å². The van der Waals surface area contributed by atoms with Crippen molar-refractivity contribution in [2.75, 3.05) is 6.61 Å². The van der Waals surface area contributed by atoms with E-state index in [9.17, 15) is 8.42 Å². The number of para-hydroxylation sites is 1. The Balaban J connectivity index is 2.18. The lowest BCUT2D eigenvalue weighted by molar-refractivity contribution is 0.0975. The van der Waals surface area contributed by atoms with Crippen molar-refractivity contribution in [1.82, 2.24) is 4.57 Å². The van der Waals surface area contributed by atoms with Gasteiger partial charge in [-0.05, 0) is 25.8 Å². The molecule has 0 amide bonds. The smallest absolute Gasteiger partial charge is 0.263 e. The molecule has 1 aromatic heterocycles. The summed E-state index contributed by atoms with van der Waals surface area (Å²) in [6, 6.07) is 7.44. The molecular weight excluding hydrogens is 298 g/mol. The average molecular weight is 314 g/mol. The molecule has 0 aliphatic carbocycles. The third kappa shape index (κ3) is 2.34. The van der Waals surface area contributed by atoms with Crippen molar-refractivity contribution in [3.05, 3.63) is 30.0 Å². The summed E-state index contributed by atoms with van der Waals surface area (Å²) in [5.41, 5.74) is 1.57. The molecule has 1 fully saturated rings. The summed E-state index contributed by atoms with van der Waals surface area (Å²) in [6.45, 7) is 3.24. The molecule has 1 unspecified atom stereocenters. The fourth-order valence-corrected chi connectivity index (χ4v) is 4.42. The first-order chi connectivity index (χ1) is 9.48. The van der Waals surface area contributed by atoms with E-state index in [0.717, 1.165) is 25.0 Å². The maximum absolute atomic E-state index is 11.8. The van der Waals surface area contributed by atoms with Gasteiger partial charge in [-0.25, -0.2) is 8.42 Å². The number of benzene rings is 1. The number of hydrogen-bond donors (Lipinski definition) is 0. The van der Waals surface area contributed by atoms with Crippen LogP contribution in [0.2, 0.25) is 0 Å². The Kier molecular flexibility index (Phi) is 3.52. The minimum atomic E-state index is -3.76. The molecule has 0 radical (unpaired) electrons. The van der Waals surface area contributed by atoms with Crippen LogP contribution in [0, 0.1) is 6.92 Å².